The number of nitrogens with one attached hydrogen (secondary N) is 1. The second kappa shape index (κ2) is 4.88. The summed E-state index contributed by atoms with van der Waals surface area (Å²) < 4.78 is 0. The molecule has 1 aromatic carbocycles. The minimum atomic E-state index is -0.443. The molecule has 0 aliphatic carbocycles. The molecule has 0 unspecified atom stereocenters. The fraction of sp³-hybridized carbons (Fsp3) is 0. The molecule has 0 aliphatic rings. The number of nitro groups is 1. The second-order valence-corrected chi connectivity index (χ2v) is 4.06. The maximum Gasteiger partial charge on any atom is 0.270 e. The van der Waals surface area contributed by atoms with E-state index in [1.807, 2.05) is 6.07 Å². The minimum Gasteiger partial charge on any atom is -0.264 e. The molecule has 0 bridgehead atoms. The van der Waals surface area contributed by atoms with Crippen LogP contribution in [-0.2, 0) is 0 Å². The standard InChI is InChI=1S/C13H9N5O2/c19-18(20)11-5-1-3-9(7-11)12-15-13(17-16-12)10-4-2-6-14-8-10/h1-8H,(H,15,16,17). The normalized spacial score (nSPS) is 10.4. The van der Waals surface area contributed by atoms with E-state index in [4.69, 9.17) is 0 Å². The monoisotopic (exact) mass is 267 g/mol. The van der Waals surface area contributed by atoms with Gasteiger partial charge >= 0.3 is 0 Å². The van der Waals surface area contributed by atoms with Gasteiger partial charge in [-0.1, -0.05) is 12.1 Å². The molecule has 0 amide bonds. The average molecular weight is 267 g/mol. The van der Waals surface area contributed by atoms with Gasteiger partial charge in [-0.3, -0.25) is 20.2 Å². The van der Waals surface area contributed by atoms with Gasteiger partial charge in [0.15, 0.2) is 11.6 Å². The predicted molar refractivity (Wildman–Crippen MR) is 71.7 cm³/mol. The Bertz CT molecular complexity index is 754. The summed E-state index contributed by atoms with van der Waals surface area (Å²) in [5, 5.41) is 17.6. The Kier molecular flexibility index (Phi) is 2.92. The molecule has 7 nitrogen and oxygen atoms in total. The zero-order chi connectivity index (χ0) is 13.9. The van der Waals surface area contributed by atoms with Crippen molar-refractivity contribution in [3.8, 4) is 22.8 Å². The number of hydrogen-bond acceptors (Lipinski definition) is 5. The van der Waals surface area contributed by atoms with Gasteiger partial charge in [-0.2, -0.15) is 5.10 Å². The van der Waals surface area contributed by atoms with Crippen molar-refractivity contribution in [3.05, 3.63) is 58.9 Å². The summed E-state index contributed by atoms with van der Waals surface area (Å²) in [6, 6.07) is 9.86. The lowest BCUT2D eigenvalue weighted by Gasteiger charge is -1.96. The lowest BCUT2D eigenvalue weighted by Crippen LogP contribution is -1.88. The van der Waals surface area contributed by atoms with E-state index in [1.54, 1.807) is 30.6 Å². The summed E-state index contributed by atoms with van der Waals surface area (Å²) in [5.74, 6) is 0.979. The number of aromatic amines is 1. The summed E-state index contributed by atoms with van der Waals surface area (Å²) in [5.41, 5.74) is 1.41. The highest BCUT2D eigenvalue weighted by molar-refractivity contribution is 5.62. The van der Waals surface area contributed by atoms with Crippen molar-refractivity contribution in [1.82, 2.24) is 20.2 Å². The van der Waals surface area contributed by atoms with Crippen LogP contribution in [0.5, 0.6) is 0 Å². The van der Waals surface area contributed by atoms with E-state index in [0.717, 1.165) is 5.56 Å². The van der Waals surface area contributed by atoms with Gasteiger partial charge in [-0.05, 0) is 12.1 Å². The van der Waals surface area contributed by atoms with Gasteiger partial charge in [0.2, 0.25) is 0 Å². The number of rotatable bonds is 3. The summed E-state index contributed by atoms with van der Waals surface area (Å²) >= 11 is 0. The van der Waals surface area contributed by atoms with Crippen molar-refractivity contribution in [2.24, 2.45) is 0 Å². The predicted octanol–water partition coefficient (Wildman–Crippen LogP) is 2.44. The zero-order valence-corrected chi connectivity index (χ0v) is 10.2. The number of non-ortho nitro benzene ring substituents is 1. The van der Waals surface area contributed by atoms with Gasteiger partial charge in [0, 0.05) is 35.7 Å². The number of hydrogen-bond donors (Lipinski definition) is 1. The number of aromatic nitrogens is 4. The maximum atomic E-state index is 10.8. The summed E-state index contributed by atoms with van der Waals surface area (Å²) in [6.07, 6.45) is 3.32. The van der Waals surface area contributed by atoms with Crippen molar-refractivity contribution >= 4 is 5.69 Å². The third-order valence-corrected chi connectivity index (χ3v) is 2.74. The smallest absolute Gasteiger partial charge is 0.264 e. The highest BCUT2D eigenvalue weighted by atomic mass is 16.6. The summed E-state index contributed by atoms with van der Waals surface area (Å²) in [6.45, 7) is 0. The third-order valence-electron chi connectivity index (χ3n) is 2.74. The van der Waals surface area contributed by atoms with Crippen LogP contribution in [0.3, 0.4) is 0 Å². The molecule has 0 radical (unpaired) electrons. The molecule has 2 aromatic heterocycles. The summed E-state index contributed by atoms with van der Waals surface area (Å²) in [7, 11) is 0. The molecular formula is C13H9N5O2. The molecule has 3 aromatic rings. The number of pyridine rings is 1. The Labute approximate surface area is 113 Å². The van der Waals surface area contributed by atoms with E-state index in [9.17, 15) is 10.1 Å². The van der Waals surface area contributed by atoms with Crippen molar-refractivity contribution in [2.45, 2.75) is 0 Å². The van der Waals surface area contributed by atoms with E-state index in [-0.39, 0.29) is 5.69 Å². The van der Waals surface area contributed by atoms with Crippen molar-refractivity contribution in [1.29, 1.82) is 0 Å². The molecule has 2 heterocycles. The quantitative estimate of drug-likeness (QED) is 0.580. The van der Waals surface area contributed by atoms with E-state index in [0.29, 0.717) is 17.2 Å². The molecule has 7 heteroatoms. The Morgan fingerprint density at radius 3 is 2.75 bits per heavy atom. The van der Waals surface area contributed by atoms with Crippen LogP contribution in [0.4, 0.5) is 5.69 Å². The molecule has 20 heavy (non-hydrogen) atoms. The highest BCUT2D eigenvalue weighted by Gasteiger charge is 2.11. The van der Waals surface area contributed by atoms with E-state index < -0.39 is 4.92 Å². The van der Waals surface area contributed by atoms with Gasteiger partial charge in [0.1, 0.15) is 0 Å². The SMILES string of the molecule is O=[N+]([O-])c1cccc(-c2nc(-c3cccnc3)n[nH]2)c1. The molecule has 0 fully saturated rings. The van der Waals surface area contributed by atoms with E-state index in [1.165, 1.54) is 12.1 Å². The van der Waals surface area contributed by atoms with Gasteiger partial charge < -0.3 is 0 Å². The fourth-order valence-corrected chi connectivity index (χ4v) is 1.78. The molecule has 0 atom stereocenters. The Balaban J connectivity index is 1.98. The third kappa shape index (κ3) is 2.24. The van der Waals surface area contributed by atoms with Crippen molar-refractivity contribution in [2.75, 3.05) is 0 Å². The van der Waals surface area contributed by atoms with Crippen LogP contribution in [0.15, 0.2) is 48.8 Å². The van der Waals surface area contributed by atoms with Crippen LogP contribution in [-0.4, -0.2) is 25.1 Å². The van der Waals surface area contributed by atoms with E-state index in [2.05, 4.69) is 20.2 Å². The lowest BCUT2D eigenvalue weighted by molar-refractivity contribution is -0.384. The van der Waals surface area contributed by atoms with Gasteiger partial charge in [0.25, 0.3) is 5.69 Å². The summed E-state index contributed by atoms with van der Waals surface area (Å²) in [4.78, 5) is 18.6. The van der Waals surface area contributed by atoms with Crippen LogP contribution in [0.2, 0.25) is 0 Å². The molecule has 0 spiro atoms. The first-order valence-corrected chi connectivity index (χ1v) is 5.81. The molecular weight excluding hydrogens is 258 g/mol. The van der Waals surface area contributed by atoms with Gasteiger partial charge in [-0.15, -0.1) is 0 Å². The highest BCUT2D eigenvalue weighted by Crippen LogP contribution is 2.22. The lowest BCUT2D eigenvalue weighted by atomic mass is 10.2. The number of benzene rings is 1. The fourth-order valence-electron chi connectivity index (χ4n) is 1.78. The molecule has 98 valence electrons. The largest absolute Gasteiger partial charge is 0.270 e. The molecule has 3 rings (SSSR count). The van der Waals surface area contributed by atoms with Crippen molar-refractivity contribution < 1.29 is 4.92 Å². The molecule has 0 saturated carbocycles. The van der Waals surface area contributed by atoms with Crippen LogP contribution in [0.25, 0.3) is 22.8 Å². The van der Waals surface area contributed by atoms with Crippen LogP contribution in [0, 0.1) is 10.1 Å². The van der Waals surface area contributed by atoms with Crippen LogP contribution in [0.1, 0.15) is 0 Å². The Morgan fingerprint density at radius 2 is 2.00 bits per heavy atom. The first-order valence-electron chi connectivity index (χ1n) is 5.81. The molecule has 1 N–H and O–H groups in total. The topological polar surface area (TPSA) is 97.6 Å². The van der Waals surface area contributed by atoms with Crippen LogP contribution < -0.4 is 0 Å². The number of H-pyrrole nitrogens is 1. The van der Waals surface area contributed by atoms with Gasteiger partial charge in [-0.25, -0.2) is 4.98 Å². The van der Waals surface area contributed by atoms with E-state index >= 15 is 0 Å². The Morgan fingerprint density at radius 1 is 1.15 bits per heavy atom. The minimum absolute atomic E-state index is 0.0156. The number of nitrogens with zero attached hydrogens (tertiary/aromatic N) is 4. The second-order valence-electron chi connectivity index (χ2n) is 4.06. The Hall–Kier alpha value is -3.09. The number of nitro benzene ring substituents is 1. The molecule has 0 saturated heterocycles. The van der Waals surface area contributed by atoms with Gasteiger partial charge in [0.05, 0.1) is 4.92 Å². The average Bonchev–Trinajstić information content (AvgIpc) is 2.98. The maximum absolute atomic E-state index is 10.8. The molecule has 0 aliphatic heterocycles. The van der Waals surface area contributed by atoms with Crippen molar-refractivity contribution in [3.63, 3.8) is 0 Å². The first kappa shape index (κ1) is 12.0. The van der Waals surface area contributed by atoms with Crippen LogP contribution >= 0.6 is 0 Å². The first-order chi connectivity index (χ1) is 9.74. The zero-order valence-electron chi connectivity index (χ0n) is 10.2.